The fourth-order valence-corrected chi connectivity index (χ4v) is 5.96. The van der Waals surface area contributed by atoms with Gasteiger partial charge in [0.2, 0.25) is 0 Å². The minimum absolute atomic E-state index is 0.0192. The van der Waals surface area contributed by atoms with Crippen LogP contribution in [0, 0.1) is 23.2 Å². The van der Waals surface area contributed by atoms with Crippen LogP contribution in [0.1, 0.15) is 55.8 Å². The van der Waals surface area contributed by atoms with Crippen molar-refractivity contribution in [3.63, 3.8) is 0 Å². The SMILES string of the molecule is C[C@@H](NC(=O)c1cccc(Cl)c1)C12CC3CC(CC(C3)C1)C2. The van der Waals surface area contributed by atoms with Gasteiger partial charge in [-0.25, -0.2) is 0 Å². The molecule has 1 aromatic rings. The average Bonchev–Trinajstić information content (AvgIpc) is 2.45. The molecule has 2 nitrogen and oxygen atoms in total. The van der Waals surface area contributed by atoms with Crippen molar-refractivity contribution >= 4 is 17.5 Å². The van der Waals surface area contributed by atoms with Gasteiger partial charge in [-0.2, -0.15) is 0 Å². The van der Waals surface area contributed by atoms with Gasteiger partial charge in [0.1, 0.15) is 0 Å². The molecule has 1 aromatic carbocycles. The highest BCUT2D eigenvalue weighted by molar-refractivity contribution is 6.30. The second-order valence-corrected chi connectivity index (χ2v) is 8.42. The minimum atomic E-state index is 0.0192. The Labute approximate surface area is 137 Å². The Kier molecular flexibility index (Phi) is 3.48. The van der Waals surface area contributed by atoms with Crippen molar-refractivity contribution in [3.05, 3.63) is 34.9 Å². The molecular formula is C19H24ClNO. The monoisotopic (exact) mass is 317 g/mol. The maximum atomic E-state index is 12.5. The second-order valence-electron chi connectivity index (χ2n) is 7.99. The number of carbonyl (C=O) groups is 1. The molecule has 0 aliphatic heterocycles. The molecule has 3 heteroatoms. The molecule has 1 N–H and O–H groups in total. The van der Waals surface area contributed by atoms with Crippen molar-refractivity contribution in [1.29, 1.82) is 0 Å². The highest BCUT2D eigenvalue weighted by Crippen LogP contribution is 2.61. The van der Waals surface area contributed by atoms with Crippen LogP contribution in [0.3, 0.4) is 0 Å². The molecule has 118 valence electrons. The van der Waals surface area contributed by atoms with E-state index in [1.165, 1.54) is 38.5 Å². The van der Waals surface area contributed by atoms with Crippen LogP contribution in [-0.2, 0) is 0 Å². The molecule has 0 aromatic heterocycles. The van der Waals surface area contributed by atoms with Gasteiger partial charge in [-0.05, 0) is 86.8 Å². The molecule has 22 heavy (non-hydrogen) atoms. The summed E-state index contributed by atoms with van der Waals surface area (Å²) in [7, 11) is 0. The largest absolute Gasteiger partial charge is 0.349 e. The summed E-state index contributed by atoms with van der Waals surface area (Å²) in [6.45, 7) is 2.22. The highest BCUT2D eigenvalue weighted by atomic mass is 35.5. The van der Waals surface area contributed by atoms with Crippen LogP contribution < -0.4 is 5.32 Å². The van der Waals surface area contributed by atoms with E-state index >= 15 is 0 Å². The van der Waals surface area contributed by atoms with E-state index in [0.717, 1.165) is 17.8 Å². The van der Waals surface area contributed by atoms with Gasteiger partial charge in [0.15, 0.2) is 0 Å². The van der Waals surface area contributed by atoms with Crippen LogP contribution in [0.4, 0.5) is 0 Å². The van der Waals surface area contributed by atoms with Gasteiger partial charge in [0.05, 0.1) is 0 Å². The lowest BCUT2D eigenvalue weighted by atomic mass is 9.48. The third-order valence-electron chi connectivity index (χ3n) is 6.44. The number of benzene rings is 1. The van der Waals surface area contributed by atoms with E-state index in [1.807, 2.05) is 12.1 Å². The number of halogens is 1. The van der Waals surface area contributed by atoms with E-state index in [1.54, 1.807) is 12.1 Å². The molecule has 4 saturated carbocycles. The predicted octanol–water partition coefficient (Wildman–Crippen LogP) is 4.67. The van der Waals surface area contributed by atoms with Crippen molar-refractivity contribution in [2.75, 3.05) is 0 Å². The van der Waals surface area contributed by atoms with Crippen LogP contribution in [0.15, 0.2) is 24.3 Å². The van der Waals surface area contributed by atoms with Crippen molar-refractivity contribution in [2.45, 2.75) is 51.5 Å². The standard InChI is InChI=1S/C19H24ClNO/c1-12(21-18(22)16-3-2-4-17(20)8-16)19-9-13-5-14(10-19)7-15(6-13)11-19/h2-4,8,12-15H,5-7,9-11H2,1H3,(H,21,22)/t12-,13?,14?,15?,19?/m1/s1. The lowest BCUT2D eigenvalue weighted by molar-refractivity contribution is -0.0688. The maximum Gasteiger partial charge on any atom is 0.251 e. The molecule has 0 spiro atoms. The zero-order chi connectivity index (χ0) is 15.3. The van der Waals surface area contributed by atoms with E-state index in [4.69, 9.17) is 11.6 Å². The lowest BCUT2D eigenvalue weighted by Gasteiger charge is -2.59. The third kappa shape index (κ3) is 2.46. The predicted molar refractivity (Wildman–Crippen MR) is 89.0 cm³/mol. The maximum absolute atomic E-state index is 12.5. The highest BCUT2D eigenvalue weighted by Gasteiger charge is 2.53. The smallest absolute Gasteiger partial charge is 0.251 e. The van der Waals surface area contributed by atoms with Gasteiger partial charge < -0.3 is 5.32 Å². The normalized spacial score (nSPS) is 37.1. The Bertz CT molecular complexity index is 562. The summed E-state index contributed by atoms with van der Waals surface area (Å²) in [5, 5.41) is 3.90. The molecule has 0 saturated heterocycles. The topological polar surface area (TPSA) is 29.1 Å². The molecule has 4 aliphatic carbocycles. The lowest BCUT2D eigenvalue weighted by Crippen LogP contribution is -2.55. The van der Waals surface area contributed by atoms with E-state index in [2.05, 4.69) is 12.2 Å². The molecule has 4 fully saturated rings. The molecule has 0 radical (unpaired) electrons. The summed E-state index contributed by atoms with van der Waals surface area (Å²) in [6, 6.07) is 7.50. The Morgan fingerprint density at radius 3 is 2.32 bits per heavy atom. The van der Waals surface area contributed by atoms with Crippen LogP contribution >= 0.6 is 11.6 Å². The molecule has 1 atom stereocenters. The fourth-order valence-electron chi connectivity index (χ4n) is 5.77. The number of carbonyl (C=O) groups excluding carboxylic acids is 1. The molecule has 0 unspecified atom stereocenters. The van der Waals surface area contributed by atoms with Crippen LogP contribution in [0.5, 0.6) is 0 Å². The zero-order valence-electron chi connectivity index (χ0n) is 13.1. The first kappa shape index (κ1) is 14.6. The van der Waals surface area contributed by atoms with Gasteiger partial charge in [-0.1, -0.05) is 17.7 Å². The zero-order valence-corrected chi connectivity index (χ0v) is 13.9. The Morgan fingerprint density at radius 1 is 1.18 bits per heavy atom. The van der Waals surface area contributed by atoms with Crippen LogP contribution in [0.25, 0.3) is 0 Å². The van der Waals surface area contributed by atoms with Gasteiger partial charge in [-0.3, -0.25) is 4.79 Å². The van der Waals surface area contributed by atoms with Crippen LogP contribution in [0.2, 0.25) is 5.02 Å². The van der Waals surface area contributed by atoms with E-state index in [0.29, 0.717) is 16.0 Å². The van der Waals surface area contributed by atoms with Gasteiger partial charge in [0, 0.05) is 16.6 Å². The molecular weight excluding hydrogens is 294 g/mol. The number of hydrogen-bond donors (Lipinski definition) is 1. The van der Waals surface area contributed by atoms with E-state index in [9.17, 15) is 4.79 Å². The summed E-state index contributed by atoms with van der Waals surface area (Å²) in [5.74, 6) is 2.76. The van der Waals surface area contributed by atoms with Crippen molar-refractivity contribution in [3.8, 4) is 0 Å². The first-order valence-electron chi connectivity index (χ1n) is 8.60. The molecule has 5 rings (SSSR count). The molecule has 4 bridgehead atoms. The fraction of sp³-hybridized carbons (Fsp3) is 0.632. The van der Waals surface area contributed by atoms with Gasteiger partial charge in [-0.15, -0.1) is 0 Å². The summed E-state index contributed by atoms with van der Waals surface area (Å²) in [5.41, 5.74) is 1.02. The number of nitrogens with one attached hydrogen (secondary N) is 1. The van der Waals surface area contributed by atoms with E-state index < -0.39 is 0 Å². The summed E-state index contributed by atoms with van der Waals surface area (Å²) in [6.07, 6.45) is 8.26. The molecule has 1 amide bonds. The number of hydrogen-bond acceptors (Lipinski definition) is 1. The Balaban J connectivity index is 1.50. The summed E-state index contributed by atoms with van der Waals surface area (Å²) < 4.78 is 0. The minimum Gasteiger partial charge on any atom is -0.349 e. The Hall–Kier alpha value is -1.02. The molecule has 0 heterocycles. The second kappa shape index (κ2) is 5.26. The average molecular weight is 318 g/mol. The summed E-state index contributed by atoms with van der Waals surface area (Å²) >= 11 is 6.00. The first-order chi connectivity index (χ1) is 10.5. The van der Waals surface area contributed by atoms with Gasteiger partial charge in [0.25, 0.3) is 5.91 Å². The van der Waals surface area contributed by atoms with E-state index in [-0.39, 0.29) is 11.9 Å². The summed E-state index contributed by atoms with van der Waals surface area (Å²) in [4.78, 5) is 12.5. The third-order valence-corrected chi connectivity index (χ3v) is 6.67. The quantitative estimate of drug-likeness (QED) is 0.862. The Morgan fingerprint density at radius 2 is 1.77 bits per heavy atom. The van der Waals surface area contributed by atoms with Crippen molar-refractivity contribution in [2.24, 2.45) is 23.2 Å². The number of amides is 1. The van der Waals surface area contributed by atoms with Crippen molar-refractivity contribution in [1.82, 2.24) is 5.32 Å². The molecule has 4 aliphatic rings. The first-order valence-corrected chi connectivity index (χ1v) is 8.98. The number of rotatable bonds is 3. The van der Waals surface area contributed by atoms with Crippen molar-refractivity contribution < 1.29 is 4.79 Å². The van der Waals surface area contributed by atoms with Gasteiger partial charge >= 0.3 is 0 Å². The van der Waals surface area contributed by atoms with Crippen LogP contribution in [-0.4, -0.2) is 11.9 Å².